The molecule has 0 aliphatic carbocycles. The van der Waals surface area contributed by atoms with Gasteiger partial charge in [0.2, 0.25) is 0 Å². The lowest BCUT2D eigenvalue weighted by atomic mass is 10.1. The third kappa shape index (κ3) is 7.38. The van der Waals surface area contributed by atoms with Crippen LogP contribution in [0.1, 0.15) is 40.5 Å². The second kappa shape index (κ2) is 6.21. The van der Waals surface area contributed by atoms with Crippen LogP contribution < -0.4 is 0 Å². The molecule has 0 bridgehead atoms. The van der Waals surface area contributed by atoms with Gasteiger partial charge in [-0.2, -0.15) is 0 Å². The van der Waals surface area contributed by atoms with Gasteiger partial charge in [0.05, 0.1) is 0 Å². The van der Waals surface area contributed by atoms with Crippen LogP contribution in [0, 0.1) is 5.92 Å². The predicted molar refractivity (Wildman–Crippen MR) is 52.6 cm³/mol. The molecule has 0 radical (unpaired) electrons. The van der Waals surface area contributed by atoms with Gasteiger partial charge in [0.15, 0.2) is 0 Å². The van der Waals surface area contributed by atoms with E-state index >= 15 is 0 Å². The summed E-state index contributed by atoms with van der Waals surface area (Å²) in [5.74, 6) is 0.824. The molecule has 0 saturated heterocycles. The summed E-state index contributed by atoms with van der Waals surface area (Å²) < 4.78 is 0. The van der Waals surface area contributed by atoms with Gasteiger partial charge < -0.3 is 0 Å². The van der Waals surface area contributed by atoms with Crippen LogP contribution >= 0.6 is 0 Å². The smallest absolute Gasteiger partial charge is 0.0343 e. The molecule has 0 fully saturated rings. The molecular weight excluding hydrogens is 132 g/mol. The highest BCUT2D eigenvalue weighted by atomic mass is 14.0. The molecule has 0 spiro atoms. The van der Waals surface area contributed by atoms with Crippen molar-refractivity contribution in [3.8, 4) is 0 Å². The standard InChI is InChI=1S/C11H20/c1-5-7-11(4)9-6-8-10(2)3/h5,7,9-10H,6,8H2,1-4H3/b7-5+,11-9?. The lowest BCUT2D eigenvalue weighted by Gasteiger charge is -1.99. The minimum absolute atomic E-state index is 0.824. The Labute approximate surface area is 71.0 Å². The lowest BCUT2D eigenvalue weighted by Crippen LogP contribution is -1.84. The first-order valence-electron chi connectivity index (χ1n) is 4.46. The van der Waals surface area contributed by atoms with E-state index in [0.717, 1.165) is 5.92 Å². The third-order valence-corrected chi connectivity index (χ3v) is 1.64. The van der Waals surface area contributed by atoms with Crippen LogP contribution in [-0.2, 0) is 0 Å². The Morgan fingerprint density at radius 1 is 1.36 bits per heavy atom. The van der Waals surface area contributed by atoms with Gasteiger partial charge in [-0.3, -0.25) is 0 Å². The van der Waals surface area contributed by atoms with Crippen molar-refractivity contribution in [2.24, 2.45) is 5.92 Å². The number of rotatable bonds is 4. The SMILES string of the molecule is C/C=C/C(C)=CCCC(C)C. The first kappa shape index (κ1) is 10.5. The quantitative estimate of drug-likeness (QED) is 0.535. The molecule has 0 aromatic heterocycles. The van der Waals surface area contributed by atoms with Gasteiger partial charge in [0, 0.05) is 0 Å². The second-order valence-corrected chi connectivity index (χ2v) is 3.42. The fraction of sp³-hybridized carbons (Fsp3) is 0.636. The Kier molecular flexibility index (Phi) is 5.91. The average Bonchev–Trinajstić information content (AvgIpc) is 1.87. The van der Waals surface area contributed by atoms with Crippen molar-refractivity contribution in [1.29, 1.82) is 0 Å². The van der Waals surface area contributed by atoms with Crippen molar-refractivity contribution in [1.82, 2.24) is 0 Å². The van der Waals surface area contributed by atoms with E-state index in [1.165, 1.54) is 18.4 Å². The predicted octanol–water partition coefficient (Wildman–Crippen LogP) is 3.95. The molecule has 64 valence electrons. The molecule has 0 aromatic carbocycles. The molecule has 0 N–H and O–H groups in total. The summed E-state index contributed by atoms with van der Waals surface area (Å²) in [4.78, 5) is 0. The Hall–Kier alpha value is -0.520. The second-order valence-electron chi connectivity index (χ2n) is 3.42. The van der Waals surface area contributed by atoms with Gasteiger partial charge in [-0.25, -0.2) is 0 Å². The van der Waals surface area contributed by atoms with Gasteiger partial charge in [0.25, 0.3) is 0 Å². The van der Waals surface area contributed by atoms with Crippen LogP contribution in [0.25, 0.3) is 0 Å². The summed E-state index contributed by atoms with van der Waals surface area (Å²) in [7, 11) is 0. The summed E-state index contributed by atoms with van der Waals surface area (Å²) >= 11 is 0. The minimum Gasteiger partial charge on any atom is -0.0874 e. The normalized spacial score (nSPS) is 13.4. The molecule has 0 heteroatoms. The van der Waals surface area contributed by atoms with E-state index in [1.807, 2.05) is 0 Å². The van der Waals surface area contributed by atoms with Crippen LogP contribution in [0.4, 0.5) is 0 Å². The van der Waals surface area contributed by atoms with Crippen molar-refractivity contribution in [2.45, 2.75) is 40.5 Å². The van der Waals surface area contributed by atoms with E-state index in [0.29, 0.717) is 0 Å². The van der Waals surface area contributed by atoms with Gasteiger partial charge in [-0.1, -0.05) is 37.6 Å². The van der Waals surface area contributed by atoms with Crippen molar-refractivity contribution in [3.63, 3.8) is 0 Å². The molecule has 0 nitrogen and oxygen atoms in total. The molecular formula is C11H20. The Balaban J connectivity index is 3.56. The van der Waals surface area contributed by atoms with E-state index in [4.69, 9.17) is 0 Å². The summed E-state index contributed by atoms with van der Waals surface area (Å²) in [5, 5.41) is 0. The topological polar surface area (TPSA) is 0 Å². The summed E-state index contributed by atoms with van der Waals surface area (Å²) in [6.07, 6.45) is 9.06. The molecule has 0 atom stereocenters. The van der Waals surface area contributed by atoms with E-state index < -0.39 is 0 Å². The fourth-order valence-electron chi connectivity index (χ4n) is 0.975. The van der Waals surface area contributed by atoms with Crippen LogP contribution in [0.3, 0.4) is 0 Å². The minimum atomic E-state index is 0.824. The van der Waals surface area contributed by atoms with Crippen molar-refractivity contribution >= 4 is 0 Å². The van der Waals surface area contributed by atoms with Gasteiger partial charge in [-0.15, -0.1) is 0 Å². The fourth-order valence-corrected chi connectivity index (χ4v) is 0.975. The summed E-state index contributed by atoms with van der Waals surface area (Å²) in [6, 6.07) is 0. The number of hydrogen-bond acceptors (Lipinski definition) is 0. The molecule has 0 rings (SSSR count). The van der Waals surface area contributed by atoms with Crippen LogP contribution in [-0.4, -0.2) is 0 Å². The maximum atomic E-state index is 2.31. The Bertz CT molecular complexity index is 138. The highest BCUT2D eigenvalue weighted by Crippen LogP contribution is 2.06. The van der Waals surface area contributed by atoms with Gasteiger partial charge >= 0.3 is 0 Å². The Morgan fingerprint density at radius 3 is 2.45 bits per heavy atom. The van der Waals surface area contributed by atoms with E-state index in [2.05, 4.69) is 45.9 Å². The molecule has 11 heavy (non-hydrogen) atoms. The summed E-state index contributed by atoms with van der Waals surface area (Å²) in [6.45, 7) is 8.73. The average molecular weight is 152 g/mol. The molecule has 0 amide bonds. The number of allylic oxidation sites excluding steroid dienone is 4. The molecule has 0 heterocycles. The van der Waals surface area contributed by atoms with E-state index in [-0.39, 0.29) is 0 Å². The van der Waals surface area contributed by atoms with Crippen LogP contribution in [0.2, 0.25) is 0 Å². The van der Waals surface area contributed by atoms with Crippen LogP contribution in [0.5, 0.6) is 0 Å². The highest BCUT2D eigenvalue weighted by Gasteiger charge is 1.90. The first-order chi connectivity index (χ1) is 5.16. The van der Waals surface area contributed by atoms with Crippen LogP contribution in [0.15, 0.2) is 23.8 Å². The number of hydrogen-bond donors (Lipinski definition) is 0. The van der Waals surface area contributed by atoms with E-state index in [9.17, 15) is 0 Å². The maximum Gasteiger partial charge on any atom is -0.0343 e. The van der Waals surface area contributed by atoms with Crippen molar-refractivity contribution < 1.29 is 0 Å². The highest BCUT2D eigenvalue weighted by molar-refractivity contribution is 5.14. The zero-order valence-corrected chi connectivity index (χ0v) is 8.22. The van der Waals surface area contributed by atoms with E-state index in [1.54, 1.807) is 0 Å². The van der Waals surface area contributed by atoms with Gasteiger partial charge in [0.1, 0.15) is 0 Å². The molecule has 0 aliphatic rings. The molecule has 0 aromatic rings. The maximum absolute atomic E-state index is 2.31. The largest absolute Gasteiger partial charge is 0.0874 e. The zero-order valence-electron chi connectivity index (χ0n) is 8.22. The molecule has 0 saturated carbocycles. The van der Waals surface area contributed by atoms with Crippen molar-refractivity contribution in [3.05, 3.63) is 23.8 Å². The molecule has 0 unspecified atom stereocenters. The zero-order chi connectivity index (χ0) is 8.69. The molecule has 0 aliphatic heterocycles. The monoisotopic (exact) mass is 152 g/mol. The Morgan fingerprint density at radius 2 is 2.00 bits per heavy atom. The first-order valence-corrected chi connectivity index (χ1v) is 4.46. The third-order valence-electron chi connectivity index (χ3n) is 1.64. The lowest BCUT2D eigenvalue weighted by molar-refractivity contribution is 0.593. The van der Waals surface area contributed by atoms with Gasteiger partial charge in [-0.05, 0) is 32.6 Å². The van der Waals surface area contributed by atoms with Crippen molar-refractivity contribution in [2.75, 3.05) is 0 Å². The summed E-state index contributed by atoms with van der Waals surface area (Å²) in [5.41, 5.74) is 1.38.